The maximum Gasteiger partial charge on any atom is 0.243 e. The number of benzene rings is 3. The normalized spacial score (nSPS) is 20.1. The van der Waals surface area contributed by atoms with Crippen molar-refractivity contribution in [2.45, 2.75) is 24.0 Å². The third kappa shape index (κ3) is 4.26. The summed E-state index contributed by atoms with van der Waals surface area (Å²) in [5.74, 6) is 0.748. The second-order valence-electron chi connectivity index (χ2n) is 7.43. The topological polar surface area (TPSA) is 55.8 Å². The average Bonchev–Trinajstić information content (AvgIpc) is 2.80. The predicted molar refractivity (Wildman–Crippen MR) is 116 cm³/mol. The number of aryl methyl sites for hydroxylation is 1. The summed E-state index contributed by atoms with van der Waals surface area (Å²) in [7, 11) is -2.03. The molecule has 0 bridgehead atoms. The molecule has 0 spiro atoms. The van der Waals surface area contributed by atoms with Crippen LogP contribution in [0.2, 0.25) is 0 Å². The fourth-order valence-corrected chi connectivity index (χ4v) is 5.08. The van der Waals surface area contributed by atoms with Crippen LogP contribution in [0.25, 0.3) is 0 Å². The van der Waals surface area contributed by atoms with Gasteiger partial charge in [0.05, 0.1) is 24.2 Å². The van der Waals surface area contributed by atoms with Crippen LogP contribution in [0.3, 0.4) is 0 Å². The second kappa shape index (κ2) is 8.60. The van der Waals surface area contributed by atoms with Crippen LogP contribution in [0.4, 0.5) is 0 Å². The molecular formula is C24H25NO4S. The van der Waals surface area contributed by atoms with Crippen molar-refractivity contribution in [2.75, 3.05) is 20.2 Å². The second-order valence-corrected chi connectivity index (χ2v) is 9.37. The lowest BCUT2D eigenvalue weighted by Gasteiger charge is -2.38. The molecule has 0 amide bonds. The molecule has 1 fully saturated rings. The molecule has 2 atom stereocenters. The molecular weight excluding hydrogens is 398 g/mol. The van der Waals surface area contributed by atoms with E-state index in [2.05, 4.69) is 0 Å². The molecule has 3 aromatic rings. The minimum absolute atomic E-state index is 0.256. The molecule has 5 nitrogen and oxygen atoms in total. The number of nitrogens with zero attached hydrogens (tertiary/aromatic N) is 1. The van der Waals surface area contributed by atoms with Crippen molar-refractivity contribution in [3.63, 3.8) is 0 Å². The van der Waals surface area contributed by atoms with Crippen LogP contribution >= 0.6 is 0 Å². The highest BCUT2D eigenvalue weighted by Gasteiger charge is 2.36. The van der Waals surface area contributed by atoms with Crippen molar-refractivity contribution in [2.24, 2.45) is 0 Å². The van der Waals surface area contributed by atoms with Gasteiger partial charge in [0.25, 0.3) is 0 Å². The summed E-state index contributed by atoms with van der Waals surface area (Å²) in [6.07, 6.45) is -0.734. The zero-order chi connectivity index (χ0) is 21.1. The van der Waals surface area contributed by atoms with Crippen LogP contribution in [0.1, 0.15) is 28.9 Å². The van der Waals surface area contributed by atoms with E-state index >= 15 is 0 Å². The maximum absolute atomic E-state index is 13.4. The Bertz CT molecular complexity index is 1080. The van der Waals surface area contributed by atoms with Gasteiger partial charge < -0.3 is 9.47 Å². The smallest absolute Gasteiger partial charge is 0.243 e. The van der Waals surface area contributed by atoms with Crippen molar-refractivity contribution in [1.29, 1.82) is 0 Å². The number of hydrogen-bond acceptors (Lipinski definition) is 4. The molecule has 30 heavy (non-hydrogen) atoms. The Hall–Kier alpha value is -2.67. The van der Waals surface area contributed by atoms with Gasteiger partial charge in [-0.15, -0.1) is 0 Å². The largest absolute Gasteiger partial charge is 0.497 e. The SMILES string of the molecule is COc1ccc([C@@H]2CN(S(=O)(=O)c3ccc(C)cc3)C[C@H](c3ccccc3)O2)cc1. The van der Waals surface area contributed by atoms with Crippen LogP contribution < -0.4 is 4.74 Å². The number of hydrogen-bond donors (Lipinski definition) is 0. The summed E-state index contributed by atoms with van der Waals surface area (Å²) in [6, 6.07) is 24.3. The molecule has 0 saturated carbocycles. The molecule has 4 rings (SSSR count). The van der Waals surface area contributed by atoms with Crippen LogP contribution in [0.15, 0.2) is 83.8 Å². The van der Waals surface area contributed by atoms with E-state index in [9.17, 15) is 8.42 Å². The summed E-state index contributed by atoms with van der Waals surface area (Å²) in [6.45, 7) is 2.47. The summed E-state index contributed by atoms with van der Waals surface area (Å²) >= 11 is 0. The highest BCUT2D eigenvalue weighted by atomic mass is 32.2. The van der Waals surface area contributed by atoms with Gasteiger partial charge in [0.1, 0.15) is 5.75 Å². The van der Waals surface area contributed by atoms with E-state index < -0.39 is 10.0 Å². The molecule has 0 N–H and O–H groups in total. The van der Waals surface area contributed by atoms with Gasteiger partial charge in [-0.25, -0.2) is 8.42 Å². The van der Waals surface area contributed by atoms with Gasteiger partial charge in [-0.05, 0) is 42.3 Å². The van der Waals surface area contributed by atoms with E-state index in [0.29, 0.717) is 4.90 Å². The average molecular weight is 424 g/mol. The minimum atomic E-state index is -3.64. The summed E-state index contributed by atoms with van der Waals surface area (Å²) in [4.78, 5) is 0.301. The van der Waals surface area contributed by atoms with Gasteiger partial charge in [0.2, 0.25) is 10.0 Å². The maximum atomic E-state index is 13.4. The van der Waals surface area contributed by atoms with Crippen molar-refractivity contribution in [1.82, 2.24) is 4.31 Å². The third-order valence-corrected chi connectivity index (χ3v) is 7.23. The lowest BCUT2D eigenvalue weighted by Crippen LogP contribution is -2.43. The number of ether oxygens (including phenoxy) is 2. The molecule has 0 aromatic heterocycles. The molecule has 3 aromatic carbocycles. The Morgan fingerprint density at radius 3 is 1.97 bits per heavy atom. The van der Waals surface area contributed by atoms with Crippen molar-refractivity contribution >= 4 is 10.0 Å². The van der Waals surface area contributed by atoms with Gasteiger partial charge in [-0.3, -0.25) is 0 Å². The molecule has 156 valence electrons. The molecule has 0 unspecified atom stereocenters. The quantitative estimate of drug-likeness (QED) is 0.606. The number of methoxy groups -OCH3 is 1. The lowest BCUT2D eigenvalue weighted by molar-refractivity contribution is -0.0671. The van der Waals surface area contributed by atoms with Gasteiger partial charge in [-0.1, -0.05) is 60.2 Å². The molecule has 1 aliphatic heterocycles. The van der Waals surface area contributed by atoms with Gasteiger partial charge in [0, 0.05) is 13.1 Å². The van der Waals surface area contributed by atoms with Gasteiger partial charge in [-0.2, -0.15) is 4.31 Å². The Balaban J connectivity index is 1.69. The zero-order valence-corrected chi connectivity index (χ0v) is 17.9. The van der Waals surface area contributed by atoms with Crippen molar-refractivity contribution < 1.29 is 17.9 Å². The van der Waals surface area contributed by atoms with Crippen molar-refractivity contribution in [3.05, 3.63) is 95.6 Å². The first-order valence-electron chi connectivity index (χ1n) is 9.88. The number of morpholine rings is 1. The van der Waals surface area contributed by atoms with Crippen molar-refractivity contribution in [3.8, 4) is 5.75 Å². The molecule has 0 radical (unpaired) electrons. The Morgan fingerprint density at radius 2 is 1.40 bits per heavy atom. The zero-order valence-electron chi connectivity index (χ0n) is 17.1. The molecule has 1 heterocycles. The van der Waals surface area contributed by atoms with E-state index in [1.54, 1.807) is 19.2 Å². The highest BCUT2D eigenvalue weighted by Crippen LogP contribution is 2.36. The first kappa shape index (κ1) is 20.6. The Morgan fingerprint density at radius 1 is 0.833 bits per heavy atom. The van der Waals surface area contributed by atoms with E-state index in [1.807, 2.05) is 73.7 Å². The molecule has 6 heteroatoms. The van der Waals surface area contributed by atoms with Gasteiger partial charge >= 0.3 is 0 Å². The van der Waals surface area contributed by atoms with Crippen LogP contribution in [-0.4, -0.2) is 32.9 Å². The van der Waals surface area contributed by atoms with E-state index in [1.165, 1.54) is 4.31 Å². The van der Waals surface area contributed by atoms with Crippen LogP contribution in [0, 0.1) is 6.92 Å². The minimum Gasteiger partial charge on any atom is -0.497 e. The molecule has 0 aliphatic carbocycles. The van der Waals surface area contributed by atoms with E-state index in [-0.39, 0.29) is 25.3 Å². The Labute approximate surface area is 177 Å². The first-order chi connectivity index (χ1) is 14.5. The van der Waals surface area contributed by atoms with E-state index in [0.717, 1.165) is 22.4 Å². The van der Waals surface area contributed by atoms with Gasteiger partial charge in [0.15, 0.2) is 0 Å². The molecule has 1 aliphatic rings. The Kier molecular flexibility index (Phi) is 5.90. The summed E-state index contributed by atoms with van der Waals surface area (Å²) < 4.78 is 39.9. The van der Waals surface area contributed by atoms with Crippen LogP contribution in [0.5, 0.6) is 5.75 Å². The van der Waals surface area contributed by atoms with E-state index in [4.69, 9.17) is 9.47 Å². The summed E-state index contributed by atoms with van der Waals surface area (Å²) in [5, 5.41) is 0. The fourth-order valence-electron chi connectivity index (χ4n) is 3.64. The third-order valence-electron chi connectivity index (χ3n) is 5.39. The number of sulfonamides is 1. The summed E-state index contributed by atoms with van der Waals surface area (Å²) in [5.41, 5.74) is 2.90. The first-order valence-corrected chi connectivity index (χ1v) is 11.3. The predicted octanol–water partition coefficient (Wildman–Crippen LogP) is 4.51. The molecule has 1 saturated heterocycles. The number of rotatable bonds is 5. The standard InChI is InChI=1S/C24H25NO4S/c1-18-8-14-22(15-9-18)30(26,27)25-16-23(19-6-4-3-5-7-19)29-24(17-25)20-10-12-21(28-2)13-11-20/h3-15,23-24H,16-17H2,1-2H3/t23-,24+/m1/s1. The fraction of sp³-hybridized carbons (Fsp3) is 0.250. The van der Waals surface area contributed by atoms with Crippen LogP contribution in [-0.2, 0) is 14.8 Å². The lowest BCUT2D eigenvalue weighted by atomic mass is 10.0. The highest BCUT2D eigenvalue weighted by molar-refractivity contribution is 7.89. The monoisotopic (exact) mass is 423 g/mol.